The summed E-state index contributed by atoms with van der Waals surface area (Å²) in [7, 11) is 0. The number of urea groups is 1. The predicted molar refractivity (Wildman–Crippen MR) is 96.3 cm³/mol. The van der Waals surface area contributed by atoms with Gasteiger partial charge in [-0.3, -0.25) is 0 Å². The molecule has 24 heavy (non-hydrogen) atoms. The minimum Gasteiger partial charge on any atom is -0.335 e. The lowest BCUT2D eigenvalue weighted by molar-refractivity contribution is 0.236. The Hall–Kier alpha value is -2.02. The zero-order valence-corrected chi connectivity index (χ0v) is 14.6. The lowest BCUT2D eigenvalue weighted by atomic mass is 10.2. The zero-order chi connectivity index (χ0) is 16.8. The van der Waals surface area contributed by atoms with E-state index in [1.807, 2.05) is 36.0 Å². The number of hydrogen-bond donors (Lipinski definition) is 2. The monoisotopic (exact) mass is 345 g/mol. The number of benzene rings is 1. The molecule has 2 aromatic rings. The first-order chi connectivity index (χ1) is 11.7. The number of hydrogen-bond acceptors (Lipinski definition) is 4. The lowest BCUT2D eigenvalue weighted by Gasteiger charge is -2.14. The number of rotatable bonds is 6. The average Bonchev–Trinajstić information content (AvgIpc) is 3.26. The van der Waals surface area contributed by atoms with Crippen LogP contribution in [0.4, 0.5) is 4.79 Å². The van der Waals surface area contributed by atoms with Crippen molar-refractivity contribution < 1.29 is 4.79 Å². The van der Waals surface area contributed by atoms with Crippen LogP contribution < -0.4 is 10.6 Å². The summed E-state index contributed by atoms with van der Waals surface area (Å²) in [5, 5.41) is 10.8. The number of carbonyl (C=O) groups excluding carboxylic acids is 1. The lowest BCUT2D eigenvalue weighted by Crippen LogP contribution is -2.40. The Labute approximate surface area is 146 Å². The van der Waals surface area contributed by atoms with Gasteiger partial charge in [-0.2, -0.15) is 16.9 Å². The van der Waals surface area contributed by atoms with Gasteiger partial charge in [0.15, 0.2) is 0 Å². The van der Waals surface area contributed by atoms with Crippen molar-refractivity contribution in [2.45, 2.75) is 44.0 Å². The second-order valence-electron chi connectivity index (χ2n) is 5.92. The van der Waals surface area contributed by atoms with Crippen LogP contribution in [0.25, 0.3) is 5.69 Å². The Morgan fingerprint density at radius 2 is 2.33 bits per heavy atom. The van der Waals surface area contributed by atoms with E-state index in [9.17, 15) is 4.79 Å². The second kappa shape index (κ2) is 8.19. The van der Waals surface area contributed by atoms with Crippen LogP contribution in [0.5, 0.6) is 0 Å². The summed E-state index contributed by atoms with van der Waals surface area (Å²) in [5.74, 6) is 1.14. The van der Waals surface area contributed by atoms with E-state index in [0.29, 0.717) is 17.8 Å². The third-order valence-electron chi connectivity index (χ3n) is 4.17. The van der Waals surface area contributed by atoms with Crippen molar-refractivity contribution in [3.63, 3.8) is 0 Å². The van der Waals surface area contributed by atoms with Crippen molar-refractivity contribution in [3.8, 4) is 5.69 Å². The van der Waals surface area contributed by atoms with Gasteiger partial charge >= 0.3 is 6.03 Å². The number of aromatic nitrogens is 3. The number of carbonyl (C=O) groups is 1. The van der Waals surface area contributed by atoms with E-state index in [-0.39, 0.29) is 6.03 Å². The summed E-state index contributed by atoms with van der Waals surface area (Å²) >= 11 is 2.00. The molecular formula is C17H23N5OS. The van der Waals surface area contributed by atoms with Gasteiger partial charge < -0.3 is 10.6 Å². The summed E-state index contributed by atoms with van der Waals surface area (Å²) in [6.07, 6.45) is 6.51. The largest absolute Gasteiger partial charge is 0.335 e. The average molecular weight is 345 g/mol. The van der Waals surface area contributed by atoms with Gasteiger partial charge in [0.05, 0.1) is 5.69 Å². The second-order valence-corrected chi connectivity index (χ2v) is 7.50. The van der Waals surface area contributed by atoms with E-state index in [2.05, 4.69) is 27.6 Å². The van der Waals surface area contributed by atoms with Crippen molar-refractivity contribution in [1.29, 1.82) is 0 Å². The van der Waals surface area contributed by atoms with E-state index in [4.69, 9.17) is 0 Å². The first kappa shape index (κ1) is 16.8. The van der Waals surface area contributed by atoms with Crippen LogP contribution in [0.2, 0.25) is 0 Å². The van der Waals surface area contributed by atoms with Crippen molar-refractivity contribution in [2.75, 3.05) is 5.75 Å². The van der Waals surface area contributed by atoms with Crippen LogP contribution in [0.15, 0.2) is 36.9 Å². The maximum Gasteiger partial charge on any atom is 0.315 e. The highest BCUT2D eigenvalue weighted by molar-refractivity contribution is 7.99. The topological polar surface area (TPSA) is 71.8 Å². The van der Waals surface area contributed by atoms with Crippen molar-refractivity contribution in [1.82, 2.24) is 25.4 Å². The molecule has 3 rings (SSSR count). The van der Waals surface area contributed by atoms with Crippen LogP contribution in [0, 0.1) is 0 Å². The van der Waals surface area contributed by atoms with Gasteiger partial charge in [0.25, 0.3) is 0 Å². The first-order valence-corrected chi connectivity index (χ1v) is 9.39. The van der Waals surface area contributed by atoms with Crippen LogP contribution >= 0.6 is 11.8 Å². The maximum atomic E-state index is 12.1. The molecule has 0 bridgehead atoms. The van der Waals surface area contributed by atoms with Crippen LogP contribution in [0.3, 0.4) is 0 Å². The molecule has 128 valence electrons. The van der Waals surface area contributed by atoms with Gasteiger partial charge in [-0.15, -0.1) is 0 Å². The Balaban J connectivity index is 1.47. The SMILES string of the molecule is CCS[C@@H]1CC[C@@H](NC(=O)NCc2cccc(-n3cncn3)c2)C1. The maximum absolute atomic E-state index is 12.1. The van der Waals surface area contributed by atoms with E-state index in [1.54, 1.807) is 11.0 Å². The van der Waals surface area contributed by atoms with Crippen LogP contribution in [-0.2, 0) is 6.54 Å². The third kappa shape index (κ3) is 4.50. The molecule has 2 N–H and O–H groups in total. The highest BCUT2D eigenvalue weighted by Crippen LogP contribution is 2.29. The Kier molecular flexibility index (Phi) is 5.74. The Morgan fingerprint density at radius 1 is 1.42 bits per heavy atom. The standard InChI is InChI=1S/C17H23N5OS/c1-2-24-16-7-6-14(9-16)21-17(23)19-10-13-4-3-5-15(8-13)22-12-18-11-20-22/h3-5,8,11-12,14,16H,2,6-7,9-10H2,1H3,(H2,19,21,23)/t14-,16-/m1/s1. The molecular weight excluding hydrogens is 322 g/mol. The minimum absolute atomic E-state index is 0.0895. The molecule has 6 nitrogen and oxygen atoms in total. The Bertz CT molecular complexity index is 661. The third-order valence-corrected chi connectivity index (χ3v) is 5.40. The summed E-state index contributed by atoms with van der Waals surface area (Å²) in [4.78, 5) is 16.0. The predicted octanol–water partition coefficient (Wildman–Crippen LogP) is 2.74. The molecule has 0 saturated heterocycles. The fourth-order valence-corrected chi connectivity index (χ4v) is 4.17. The van der Waals surface area contributed by atoms with Gasteiger partial charge in [-0.25, -0.2) is 14.5 Å². The molecule has 0 unspecified atom stereocenters. The summed E-state index contributed by atoms with van der Waals surface area (Å²) in [6.45, 7) is 2.68. The zero-order valence-electron chi connectivity index (χ0n) is 13.8. The molecule has 2 amide bonds. The highest BCUT2D eigenvalue weighted by atomic mass is 32.2. The molecule has 1 aliphatic rings. The number of nitrogens with zero attached hydrogens (tertiary/aromatic N) is 3. The van der Waals surface area contributed by atoms with Crippen molar-refractivity contribution in [2.24, 2.45) is 0 Å². The Morgan fingerprint density at radius 3 is 3.12 bits per heavy atom. The van der Waals surface area contributed by atoms with Crippen LogP contribution in [-0.4, -0.2) is 37.8 Å². The first-order valence-electron chi connectivity index (χ1n) is 8.34. The number of amides is 2. The summed E-state index contributed by atoms with van der Waals surface area (Å²) in [5.41, 5.74) is 1.96. The molecule has 0 spiro atoms. The molecule has 7 heteroatoms. The summed E-state index contributed by atoms with van der Waals surface area (Å²) < 4.78 is 1.70. The van der Waals surface area contributed by atoms with Crippen molar-refractivity contribution >= 4 is 17.8 Å². The minimum atomic E-state index is -0.0895. The van der Waals surface area contributed by atoms with E-state index >= 15 is 0 Å². The van der Waals surface area contributed by atoms with Crippen molar-refractivity contribution in [3.05, 3.63) is 42.5 Å². The molecule has 0 radical (unpaired) electrons. The highest BCUT2D eigenvalue weighted by Gasteiger charge is 2.25. The number of thioether (sulfide) groups is 1. The molecule has 1 fully saturated rings. The molecule has 1 aromatic carbocycles. The van der Waals surface area contributed by atoms with E-state index in [0.717, 1.165) is 29.8 Å². The molecule has 1 aliphatic carbocycles. The molecule has 1 aromatic heterocycles. The van der Waals surface area contributed by atoms with Gasteiger partial charge in [-0.1, -0.05) is 19.1 Å². The van der Waals surface area contributed by atoms with E-state index < -0.39 is 0 Å². The molecule has 2 atom stereocenters. The molecule has 1 saturated carbocycles. The van der Waals surface area contributed by atoms with Gasteiger partial charge in [0.1, 0.15) is 12.7 Å². The van der Waals surface area contributed by atoms with E-state index in [1.165, 1.54) is 12.7 Å². The fraction of sp³-hybridized carbons (Fsp3) is 0.471. The smallest absolute Gasteiger partial charge is 0.315 e. The number of nitrogens with one attached hydrogen (secondary N) is 2. The fourth-order valence-electron chi connectivity index (χ4n) is 3.03. The van der Waals surface area contributed by atoms with Gasteiger partial charge in [-0.05, 0) is 42.7 Å². The van der Waals surface area contributed by atoms with Gasteiger partial charge in [0, 0.05) is 17.8 Å². The normalized spacial score (nSPS) is 20.0. The van der Waals surface area contributed by atoms with Gasteiger partial charge in [0.2, 0.25) is 0 Å². The molecule has 0 aliphatic heterocycles. The van der Waals surface area contributed by atoms with Crippen LogP contribution in [0.1, 0.15) is 31.7 Å². The molecule has 1 heterocycles. The summed E-state index contributed by atoms with van der Waals surface area (Å²) in [6, 6.07) is 8.12. The quantitative estimate of drug-likeness (QED) is 0.844.